The molecular weight excluding hydrogens is 506 g/mol. The summed E-state index contributed by atoms with van der Waals surface area (Å²) in [5.41, 5.74) is 1.60. The Labute approximate surface area is 225 Å². The van der Waals surface area contributed by atoms with Gasteiger partial charge in [0.15, 0.2) is 17.0 Å². The molecule has 0 radical (unpaired) electrons. The molecule has 0 aliphatic carbocycles. The van der Waals surface area contributed by atoms with Gasteiger partial charge in [0.05, 0.1) is 12.5 Å². The summed E-state index contributed by atoms with van der Waals surface area (Å²) in [6, 6.07) is 19.0. The summed E-state index contributed by atoms with van der Waals surface area (Å²) in [7, 11) is 0. The SMILES string of the molecule is CCOc1cc([C@H]2[C@H]([N+](=O)[O-])[C@@]3(C(=O)Nc4ccccc43)N3CCC[C@@H]23)ccc1OCc1ccccc1Cl. The maximum Gasteiger partial charge on any atom is 0.256 e. The third-order valence-corrected chi connectivity index (χ3v) is 8.46. The molecule has 3 aliphatic rings. The van der Waals surface area contributed by atoms with Crippen LogP contribution in [0, 0.1) is 10.1 Å². The third-order valence-electron chi connectivity index (χ3n) is 8.09. The van der Waals surface area contributed by atoms with Crippen LogP contribution >= 0.6 is 11.6 Å². The van der Waals surface area contributed by atoms with Gasteiger partial charge >= 0.3 is 0 Å². The molecule has 0 aromatic heterocycles. The van der Waals surface area contributed by atoms with Crippen LogP contribution in [0.15, 0.2) is 66.7 Å². The lowest BCUT2D eigenvalue weighted by Gasteiger charge is -2.32. The van der Waals surface area contributed by atoms with Crippen LogP contribution in [0.2, 0.25) is 5.02 Å². The Kier molecular flexibility index (Phi) is 6.24. The number of para-hydroxylation sites is 1. The van der Waals surface area contributed by atoms with Crippen LogP contribution in [0.3, 0.4) is 0 Å². The fourth-order valence-corrected chi connectivity index (χ4v) is 6.86. The summed E-state index contributed by atoms with van der Waals surface area (Å²) < 4.78 is 12.0. The predicted molar refractivity (Wildman–Crippen MR) is 143 cm³/mol. The van der Waals surface area contributed by atoms with E-state index in [-0.39, 0.29) is 23.5 Å². The van der Waals surface area contributed by atoms with Crippen LogP contribution < -0.4 is 14.8 Å². The second kappa shape index (κ2) is 9.60. The standard InChI is InChI=1S/C29H28ClN3O5/c1-2-37-25-16-18(13-14-24(25)38-17-19-8-3-5-10-21(19)30)26-23-12-7-15-32(23)29(27(26)33(35)36)20-9-4-6-11-22(20)31-28(29)34/h3-6,8-11,13-14,16,23,26-27H,2,7,12,15,17H2,1H3,(H,31,34)/t23-,26+,27-,29-/m0/s1. The molecule has 196 valence electrons. The average molecular weight is 534 g/mol. The first-order valence-corrected chi connectivity index (χ1v) is 13.3. The fourth-order valence-electron chi connectivity index (χ4n) is 6.67. The summed E-state index contributed by atoms with van der Waals surface area (Å²) >= 11 is 6.29. The molecule has 3 aromatic rings. The molecule has 0 bridgehead atoms. The number of ether oxygens (including phenoxy) is 2. The summed E-state index contributed by atoms with van der Waals surface area (Å²) in [4.78, 5) is 28.3. The maximum absolute atomic E-state index is 13.6. The molecule has 3 aliphatic heterocycles. The fraction of sp³-hybridized carbons (Fsp3) is 0.345. The number of carbonyl (C=O) groups is 1. The minimum atomic E-state index is -1.35. The topological polar surface area (TPSA) is 93.9 Å². The van der Waals surface area contributed by atoms with Crippen molar-refractivity contribution in [1.29, 1.82) is 0 Å². The molecule has 1 N–H and O–H groups in total. The minimum absolute atomic E-state index is 0.147. The molecule has 1 spiro atoms. The number of halogens is 1. The third kappa shape index (κ3) is 3.66. The summed E-state index contributed by atoms with van der Waals surface area (Å²) in [5, 5.41) is 16.4. The van der Waals surface area contributed by atoms with Gasteiger partial charge in [-0.25, -0.2) is 0 Å². The van der Waals surface area contributed by atoms with E-state index in [4.69, 9.17) is 21.1 Å². The van der Waals surface area contributed by atoms with Gasteiger partial charge in [0.1, 0.15) is 6.61 Å². The number of anilines is 1. The molecule has 3 heterocycles. The van der Waals surface area contributed by atoms with Gasteiger partial charge in [-0.2, -0.15) is 0 Å². The molecule has 2 fully saturated rings. The quantitative estimate of drug-likeness (QED) is 0.324. The Hall–Kier alpha value is -3.62. The number of hydrogen-bond donors (Lipinski definition) is 1. The molecule has 3 aromatic carbocycles. The van der Waals surface area contributed by atoms with Gasteiger partial charge in [-0.3, -0.25) is 19.8 Å². The molecule has 0 unspecified atom stereocenters. The second-order valence-corrected chi connectivity index (χ2v) is 10.4. The van der Waals surface area contributed by atoms with E-state index < -0.39 is 17.5 Å². The van der Waals surface area contributed by atoms with E-state index in [0.29, 0.717) is 40.9 Å². The van der Waals surface area contributed by atoms with Gasteiger partial charge in [-0.1, -0.05) is 54.1 Å². The second-order valence-electron chi connectivity index (χ2n) is 9.94. The number of fused-ring (bicyclic) bond motifs is 4. The van der Waals surface area contributed by atoms with Crippen LogP contribution in [0.5, 0.6) is 11.5 Å². The molecule has 6 rings (SSSR count). The first kappa shape index (κ1) is 24.7. The van der Waals surface area contributed by atoms with Crippen molar-refractivity contribution in [2.24, 2.45) is 0 Å². The van der Waals surface area contributed by atoms with Gasteiger partial charge in [0.2, 0.25) is 0 Å². The van der Waals surface area contributed by atoms with Crippen LogP contribution in [-0.2, 0) is 16.9 Å². The summed E-state index contributed by atoms with van der Waals surface area (Å²) in [5.74, 6) is 0.231. The number of rotatable bonds is 7. The van der Waals surface area contributed by atoms with Crippen molar-refractivity contribution in [1.82, 2.24) is 4.90 Å². The number of nitrogens with one attached hydrogen (secondary N) is 1. The molecule has 38 heavy (non-hydrogen) atoms. The van der Waals surface area contributed by atoms with E-state index in [1.807, 2.05) is 67.6 Å². The molecular formula is C29H28ClN3O5. The largest absolute Gasteiger partial charge is 0.490 e. The van der Waals surface area contributed by atoms with Crippen molar-refractivity contribution in [2.45, 2.75) is 49.9 Å². The Morgan fingerprint density at radius 3 is 2.68 bits per heavy atom. The Morgan fingerprint density at radius 2 is 1.89 bits per heavy atom. The van der Waals surface area contributed by atoms with Crippen molar-refractivity contribution in [3.8, 4) is 11.5 Å². The highest BCUT2D eigenvalue weighted by molar-refractivity contribution is 6.31. The van der Waals surface area contributed by atoms with E-state index in [9.17, 15) is 14.9 Å². The number of benzene rings is 3. The lowest BCUT2D eigenvalue weighted by Crippen LogP contribution is -2.55. The highest BCUT2D eigenvalue weighted by Crippen LogP contribution is 2.58. The number of nitrogens with zero attached hydrogens (tertiary/aromatic N) is 2. The van der Waals surface area contributed by atoms with E-state index in [2.05, 4.69) is 10.2 Å². The lowest BCUT2D eigenvalue weighted by atomic mass is 9.77. The van der Waals surface area contributed by atoms with E-state index in [1.165, 1.54) is 0 Å². The van der Waals surface area contributed by atoms with Gasteiger partial charge in [-0.05, 0) is 49.6 Å². The van der Waals surface area contributed by atoms with Gasteiger partial charge in [-0.15, -0.1) is 0 Å². The number of hydrogen-bond acceptors (Lipinski definition) is 6. The molecule has 1 amide bonds. The van der Waals surface area contributed by atoms with Crippen LogP contribution in [0.4, 0.5) is 5.69 Å². The first-order valence-electron chi connectivity index (χ1n) is 12.9. The highest BCUT2D eigenvalue weighted by Gasteiger charge is 2.73. The molecule has 2 saturated heterocycles. The van der Waals surface area contributed by atoms with E-state index in [1.54, 1.807) is 6.07 Å². The number of nitro groups is 1. The van der Waals surface area contributed by atoms with Crippen molar-refractivity contribution in [3.63, 3.8) is 0 Å². The van der Waals surface area contributed by atoms with E-state index in [0.717, 1.165) is 24.0 Å². The smallest absolute Gasteiger partial charge is 0.256 e. The summed E-state index contributed by atoms with van der Waals surface area (Å²) in [6.45, 7) is 3.18. The Bertz CT molecular complexity index is 1410. The Morgan fingerprint density at radius 1 is 1.11 bits per heavy atom. The van der Waals surface area contributed by atoms with Gasteiger partial charge < -0.3 is 14.8 Å². The zero-order chi connectivity index (χ0) is 26.4. The molecule has 9 heteroatoms. The van der Waals surface area contributed by atoms with Crippen molar-refractivity contribution < 1.29 is 19.2 Å². The van der Waals surface area contributed by atoms with Gasteiger partial charge in [0.25, 0.3) is 11.9 Å². The summed E-state index contributed by atoms with van der Waals surface area (Å²) in [6.07, 6.45) is 1.65. The van der Waals surface area contributed by atoms with Crippen LogP contribution in [0.25, 0.3) is 0 Å². The normalized spacial score (nSPS) is 25.7. The average Bonchev–Trinajstić information content (AvgIpc) is 3.57. The van der Waals surface area contributed by atoms with Crippen LogP contribution in [0.1, 0.15) is 42.4 Å². The molecule has 4 atom stereocenters. The van der Waals surface area contributed by atoms with Crippen LogP contribution in [-0.4, -0.2) is 41.0 Å². The Balaban J connectivity index is 1.41. The zero-order valence-corrected chi connectivity index (χ0v) is 21.7. The maximum atomic E-state index is 13.6. The number of amides is 1. The monoisotopic (exact) mass is 533 g/mol. The van der Waals surface area contributed by atoms with Crippen molar-refractivity contribution >= 4 is 23.2 Å². The molecule has 0 saturated carbocycles. The lowest BCUT2D eigenvalue weighted by molar-refractivity contribution is -0.534. The molecule has 8 nitrogen and oxygen atoms in total. The first-order chi connectivity index (χ1) is 18.5. The highest BCUT2D eigenvalue weighted by atomic mass is 35.5. The predicted octanol–water partition coefficient (Wildman–Crippen LogP) is 5.37. The minimum Gasteiger partial charge on any atom is -0.490 e. The number of carbonyl (C=O) groups excluding carboxylic acids is 1. The van der Waals surface area contributed by atoms with Gasteiger partial charge in [0, 0.05) is 39.3 Å². The van der Waals surface area contributed by atoms with Crippen molar-refractivity contribution in [2.75, 3.05) is 18.5 Å². The van der Waals surface area contributed by atoms with E-state index >= 15 is 0 Å². The zero-order valence-electron chi connectivity index (χ0n) is 20.9. The van der Waals surface area contributed by atoms with Crippen molar-refractivity contribution in [3.05, 3.63) is 98.6 Å².